The van der Waals surface area contributed by atoms with Crippen LogP contribution in [0.1, 0.15) is 43.2 Å². The molecule has 0 amide bonds. The fourth-order valence-electron chi connectivity index (χ4n) is 1.35. The number of carbonyl (C=O) groups excluding carboxylic acids is 2. The second-order valence-electron chi connectivity index (χ2n) is 3.85. The molecule has 0 aliphatic carbocycles. The Bertz CT molecular complexity index is 470. The van der Waals surface area contributed by atoms with Gasteiger partial charge in [-0.2, -0.15) is 0 Å². The Morgan fingerprint density at radius 1 is 1.39 bits per heavy atom. The lowest BCUT2D eigenvalue weighted by Gasteiger charge is -1.91. The third-order valence-corrected chi connectivity index (χ3v) is 2.22. The molecule has 1 heterocycles. The fraction of sp³-hybridized carbons (Fsp3) is 0.333. The summed E-state index contributed by atoms with van der Waals surface area (Å²) in [5.74, 6) is 5.45. The topological polar surface area (TPSA) is 47.3 Å². The van der Waals surface area contributed by atoms with Crippen LogP contribution in [-0.2, 0) is 4.79 Å². The number of allylic oxidation sites excluding steroid dienone is 2. The van der Waals surface area contributed by atoms with Crippen molar-refractivity contribution in [1.29, 1.82) is 0 Å². The number of Topliss-reactive ketones (excluding diaryl/α,β-unsaturated/α-hetero) is 1. The van der Waals surface area contributed by atoms with Crippen molar-refractivity contribution in [2.24, 2.45) is 0 Å². The molecule has 1 rings (SSSR count). The molecule has 3 heteroatoms. The number of rotatable bonds is 6. The van der Waals surface area contributed by atoms with E-state index in [1.54, 1.807) is 12.1 Å². The number of hydrogen-bond acceptors (Lipinski definition) is 3. The van der Waals surface area contributed by atoms with Crippen LogP contribution in [0.15, 0.2) is 35.0 Å². The maximum absolute atomic E-state index is 11.5. The minimum atomic E-state index is -0.114. The molecule has 0 aromatic carbocycles. The number of ketones is 2. The predicted molar refractivity (Wildman–Crippen MR) is 69.1 cm³/mol. The molecule has 0 fully saturated rings. The van der Waals surface area contributed by atoms with Gasteiger partial charge in [0.1, 0.15) is 0 Å². The number of furan rings is 1. The Morgan fingerprint density at radius 2 is 2.22 bits per heavy atom. The normalized spacial score (nSPS) is 10.1. The van der Waals surface area contributed by atoms with Gasteiger partial charge in [0.2, 0.25) is 11.6 Å². The molecule has 0 spiro atoms. The van der Waals surface area contributed by atoms with Gasteiger partial charge in [0.25, 0.3) is 0 Å². The summed E-state index contributed by atoms with van der Waals surface area (Å²) in [7, 11) is 0. The van der Waals surface area contributed by atoms with Gasteiger partial charge in [-0.05, 0) is 43.4 Å². The molecule has 0 saturated heterocycles. The van der Waals surface area contributed by atoms with Gasteiger partial charge in [-0.15, -0.1) is 0 Å². The third kappa shape index (κ3) is 5.86. The number of carbonyl (C=O) groups is 2. The van der Waals surface area contributed by atoms with Gasteiger partial charge >= 0.3 is 0 Å². The first-order valence-electron chi connectivity index (χ1n) is 5.94. The van der Waals surface area contributed by atoms with Crippen molar-refractivity contribution in [3.8, 4) is 11.8 Å². The molecule has 0 bridgehead atoms. The van der Waals surface area contributed by atoms with Crippen molar-refractivity contribution in [2.45, 2.75) is 32.6 Å². The Kier molecular flexibility index (Phi) is 6.27. The zero-order valence-electron chi connectivity index (χ0n) is 10.4. The van der Waals surface area contributed by atoms with E-state index in [1.165, 1.54) is 19.3 Å². The summed E-state index contributed by atoms with van der Waals surface area (Å²) in [4.78, 5) is 22.0. The van der Waals surface area contributed by atoms with E-state index in [0.29, 0.717) is 5.76 Å². The summed E-state index contributed by atoms with van der Waals surface area (Å²) in [6.07, 6.45) is 8.28. The van der Waals surface area contributed by atoms with Gasteiger partial charge in [0.05, 0.1) is 6.26 Å². The summed E-state index contributed by atoms with van der Waals surface area (Å²) in [6.45, 7) is 1.45. The van der Waals surface area contributed by atoms with Crippen molar-refractivity contribution in [2.75, 3.05) is 0 Å². The van der Waals surface area contributed by atoms with E-state index in [4.69, 9.17) is 4.42 Å². The quantitative estimate of drug-likeness (QED) is 0.254. The Labute approximate surface area is 107 Å². The monoisotopic (exact) mass is 244 g/mol. The van der Waals surface area contributed by atoms with E-state index < -0.39 is 0 Å². The van der Waals surface area contributed by atoms with E-state index in [9.17, 15) is 9.59 Å². The summed E-state index contributed by atoms with van der Waals surface area (Å²) < 4.78 is 4.98. The van der Waals surface area contributed by atoms with Crippen LogP contribution in [0.5, 0.6) is 0 Å². The van der Waals surface area contributed by atoms with Crippen LogP contribution in [0.3, 0.4) is 0 Å². The lowest BCUT2D eigenvalue weighted by atomic mass is 10.1. The minimum Gasteiger partial charge on any atom is -0.461 e. The van der Waals surface area contributed by atoms with Crippen molar-refractivity contribution < 1.29 is 14.0 Å². The molecule has 0 atom stereocenters. The van der Waals surface area contributed by atoms with E-state index in [-0.39, 0.29) is 11.6 Å². The van der Waals surface area contributed by atoms with Crippen LogP contribution < -0.4 is 0 Å². The predicted octanol–water partition coefficient (Wildman–Crippen LogP) is 3.17. The molecule has 18 heavy (non-hydrogen) atoms. The second kappa shape index (κ2) is 8.08. The van der Waals surface area contributed by atoms with Gasteiger partial charge in [0.15, 0.2) is 5.76 Å². The average Bonchev–Trinajstić information content (AvgIpc) is 2.85. The molecule has 0 N–H and O–H groups in total. The van der Waals surface area contributed by atoms with Gasteiger partial charge in [-0.3, -0.25) is 9.59 Å². The molecule has 0 unspecified atom stereocenters. The standard InChI is InChI=1S/C15H16O3/c1-13(16)9-6-4-2-3-5-7-10-14(17)15-11-8-12-18-15/h7-8,10-12H,2-5H2,1H3/b10-7+. The first kappa shape index (κ1) is 14.0. The highest BCUT2D eigenvalue weighted by Gasteiger charge is 2.02. The minimum absolute atomic E-state index is 0.0982. The van der Waals surface area contributed by atoms with Crippen LogP contribution in [0, 0.1) is 11.8 Å². The van der Waals surface area contributed by atoms with Crippen LogP contribution in [0.2, 0.25) is 0 Å². The maximum atomic E-state index is 11.5. The lowest BCUT2D eigenvalue weighted by molar-refractivity contribution is -0.111. The highest BCUT2D eigenvalue weighted by atomic mass is 16.3. The molecule has 3 nitrogen and oxygen atoms in total. The van der Waals surface area contributed by atoms with E-state index in [0.717, 1.165) is 25.7 Å². The molecular weight excluding hydrogens is 228 g/mol. The van der Waals surface area contributed by atoms with Crippen molar-refractivity contribution >= 4 is 11.6 Å². The van der Waals surface area contributed by atoms with Crippen LogP contribution in [-0.4, -0.2) is 11.6 Å². The number of unbranched alkanes of at least 4 members (excludes halogenated alkanes) is 3. The van der Waals surface area contributed by atoms with Crippen LogP contribution in [0.25, 0.3) is 0 Å². The summed E-state index contributed by atoms with van der Waals surface area (Å²) in [5, 5.41) is 0. The van der Waals surface area contributed by atoms with Crippen LogP contribution in [0.4, 0.5) is 0 Å². The zero-order chi connectivity index (χ0) is 13.2. The SMILES string of the molecule is CC(=O)C#CCCCC/C=C/C(=O)c1ccco1. The molecule has 0 saturated carbocycles. The highest BCUT2D eigenvalue weighted by Crippen LogP contribution is 2.04. The number of hydrogen-bond donors (Lipinski definition) is 0. The summed E-state index contributed by atoms with van der Waals surface area (Å²) in [6, 6.07) is 3.33. The zero-order valence-corrected chi connectivity index (χ0v) is 10.4. The smallest absolute Gasteiger partial charge is 0.220 e. The first-order valence-corrected chi connectivity index (χ1v) is 5.94. The third-order valence-electron chi connectivity index (χ3n) is 2.22. The molecule has 94 valence electrons. The van der Waals surface area contributed by atoms with Crippen molar-refractivity contribution in [3.63, 3.8) is 0 Å². The van der Waals surface area contributed by atoms with Gasteiger partial charge in [0, 0.05) is 13.3 Å². The van der Waals surface area contributed by atoms with Gasteiger partial charge < -0.3 is 4.42 Å². The van der Waals surface area contributed by atoms with E-state index in [2.05, 4.69) is 11.8 Å². The lowest BCUT2D eigenvalue weighted by Crippen LogP contribution is -1.90. The summed E-state index contributed by atoms with van der Waals surface area (Å²) in [5.41, 5.74) is 0. The van der Waals surface area contributed by atoms with E-state index in [1.807, 2.05) is 6.08 Å². The largest absolute Gasteiger partial charge is 0.461 e. The van der Waals surface area contributed by atoms with Crippen molar-refractivity contribution in [1.82, 2.24) is 0 Å². The summed E-state index contributed by atoms with van der Waals surface area (Å²) >= 11 is 0. The Morgan fingerprint density at radius 3 is 2.89 bits per heavy atom. The van der Waals surface area contributed by atoms with Gasteiger partial charge in [-0.25, -0.2) is 0 Å². The molecule has 0 aliphatic rings. The molecular formula is C15H16O3. The van der Waals surface area contributed by atoms with Crippen LogP contribution >= 0.6 is 0 Å². The first-order chi connectivity index (χ1) is 8.70. The van der Waals surface area contributed by atoms with Crippen molar-refractivity contribution in [3.05, 3.63) is 36.3 Å². The average molecular weight is 244 g/mol. The maximum Gasteiger partial charge on any atom is 0.220 e. The van der Waals surface area contributed by atoms with E-state index >= 15 is 0 Å². The van der Waals surface area contributed by atoms with Gasteiger partial charge in [-0.1, -0.05) is 12.0 Å². The molecule has 1 aromatic heterocycles. The molecule has 0 radical (unpaired) electrons. The second-order valence-corrected chi connectivity index (χ2v) is 3.85. The highest BCUT2D eigenvalue weighted by molar-refractivity contribution is 6.02. The fourth-order valence-corrected chi connectivity index (χ4v) is 1.35. The molecule has 1 aromatic rings. The Hall–Kier alpha value is -2.08. The molecule has 0 aliphatic heterocycles. The Balaban J connectivity index is 2.13.